The van der Waals surface area contributed by atoms with E-state index in [-0.39, 0.29) is 0 Å². The number of hydrogen-bond acceptors (Lipinski definition) is 4. The van der Waals surface area contributed by atoms with E-state index in [9.17, 15) is 5.11 Å². The number of furan rings is 1. The van der Waals surface area contributed by atoms with Crippen molar-refractivity contribution in [2.75, 3.05) is 20.6 Å². The smallest absolute Gasteiger partial charge is 0.125 e. The Morgan fingerprint density at radius 2 is 2.15 bits per heavy atom. The van der Waals surface area contributed by atoms with E-state index >= 15 is 0 Å². The fraction of sp³-hybridized carbons (Fsp3) is 0.500. The lowest BCUT2D eigenvalue weighted by Gasteiger charge is -2.16. The maximum Gasteiger partial charge on any atom is 0.125 e. The second-order valence-electron chi connectivity index (χ2n) is 5.18. The Balaban J connectivity index is 2.31. The molecule has 0 saturated carbocycles. The van der Waals surface area contributed by atoms with Crippen molar-refractivity contribution in [2.45, 2.75) is 26.5 Å². The zero-order chi connectivity index (χ0) is 14.9. The Kier molecular flexibility index (Phi) is 4.67. The second-order valence-corrected chi connectivity index (χ2v) is 6.03. The lowest BCUT2D eigenvalue weighted by molar-refractivity contribution is 0.202. The van der Waals surface area contributed by atoms with Crippen molar-refractivity contribution in [3.05, 3.63) is 39.5 Å². The van der Waals surface area contributed by atoms with E-state index in [1.807, 2.05) is 38.7 Å². The summed E-state index contributed by atoms with van der Waals surface area (Å²) in [5.41, 5.74) is 1.55. The first-order valence-corrected chi connectivity index (χ1v) is 7.30. The van der Waals surface area contributed by atoms with Gasteiger partial charge in [-0.15, -0.1) is 0 Å². The van der Waals surface area contributed by atoms with Gasteiger partial charge < -0.3 is 14.4 Å². The van der Waals surface area contributed by atoms with Gasteiger partial charge in [-0.1, -0.05) is 0 Å². The molecule has 0 aliphatic heterocycles. The lowest BCUT2D eigenvalue weighted by Crippen LogP contribution is -2.21. The topological polar surface area (TPSA) is 54.4 Å². The van der Waals surface area contributed by atoms with E-state index < -0.39 is 6.10 Å². The third-order valence-corrected chi connectivity index (χ3v) is 3.84. The third kappa shape index (κ3) is 3.13. The summed E-state index contributed by atoms with van der Waals surface area (Å²) in [5.74, 6) is 1.54. The molecule has 0 aromatic carbocycles. The Morgan fingerprint density at radius 3 is 2.70 bits per heavy atom. The van der Waals surface area contributed by atoms with Crippen LogP contribution in [0, 0.1) is 13.8 Å². The van der Waals surface area contributed by atoms with Crippen molar-refractivity contribution < 1.29 is 9.52 Å². The molecule has 0 spiro atoms. The van der Waals surface area contributed by atoms with E-state index in [1.165, 1.54) is 0 Å². The molecule has 1 unspecified atom stereocenters. The molecule has 2 aromatic heterocycles. The van der Waals surface area contributed by atoms with E-state index in [0.717, 1.165) is 40.3 Å². The van der Waals surface area contributed by atoms with E-state index in [2.05, 4.69) is 25.9 Å². The van der Waals surface area contributed by atoms with Crippen molar-refractivity contribution in [1.82, 2.24) is 14.7 Å². The summed E-state index contributed by atoms with van der Waals surface area (Å²) in [6.45, 7) is 5.32. The van der Waals surface area contributed by atoms with Gasteiger partial charge in [0.15, 0.2) is 0 Å². The van der Waals surface area contributed by atoms with Gasteiger partial charge in [-0.2, -0.15) is 5.10 Å². The molecule has 0 aliphatic carbocycles. The van der Waals surface area contributed by atoms with Gasteiger partial charge in [0.25, 0.3) is 0 Å². The van der Waals surface area contributed by atoms with Crippen LogP contribution in [0.4, 0.5) is 0 Å². The summed E-state index contributed by atoms with van der Waals surface area (Å²) in [6, 6.07) is 1.87. The summed E-state index contributed by atoms with van der Waals surface area (Å²) < 4.78 is 8.14. The third-order valence-electron chi connectivity index (χ3n) is 3.23. The highest BCUT2D eigenvalue weighted by Gasteiger charge is 2.23. The van der Waals surface area contributed by atoms with Crippen molar-refractivity contribution in [1.29, 1.82) is 0 Å². The molecule has 1 atom stereocenters. The normalized spacial score (nSPS) is 13.2. The number of rotatable bonds is 5. The Morgan fingerprint density at radius 1 is 1.45 bits per heavy atom. The summed E-state index contributed by atoms with van der Waals surface area (Å²) in [7, 11) is 4.02. The minimum absolute atomic E-state index is 0.723. The standard InChI is InChI=1S/C14H20BrN3O2/c1-9-7-11(10(2)20-9)14(19)13-12(15)8-16-18(13)6-5-17(3)4/h7-8,14,19H,5-6H2,1-4H3. The summed E-state index contributed by atoms with van der Waals surface area (Å²) in [4.78, 5) is 2.08. The second kappa shape index (κ2) is 6.11. The number of aromatic nitrogens is 2. The van der Waals surface area contributed by atoms with Crippen LogP contribution < -0.4 is 0 Å². The maximum atomic E-state index is 10.6. The molecule has 20 heavy (non-hydrogen) atoms. The van der Waals surface area contributed by atoms with Crippen LogP contribution in [0.25, 0.3) is 0 Å². The average Bonchev–Trinajstić information content (AvgIpc) is 2.89. The van der Waals surface area contributed by atoms with Gasteiger partial charge in [0, 0.05) is 12.1 Å². The molecular weight excluding hydrogens is 322 g/mol. The van der Waals surface area contributed by atoms with Crippen LogP contribution in [0.1, 0.15) is 28.9 Å². The van der Waals surface area contributed by atoms with Crippen LogP contribution in [0.3, 0.4) is 0 Å². The average molecular weight is 342 g/mol. The zero-order valence-corrected chi connectivity index (χ0v) is 13.8. The molecule has 0 bridgehead atoms. The predicted molar refractivity (Wildman–Crippen MR) is 80.7 cm³/mol. The molecule has 0 amide bonds. The van der Waals surface area contributed by atoms with Gasteiger partial charge in [-0.25, -0.2) is 0 Å². The van der Waals surface area contributed by atoms with Crippen LogP contribution in [-0.4, -0.2) is 40.4 Å². The fourth-order valence-electron chi connectivity index (χ4n) is 2.19. The van der Waals surface area contributed by atoms with Gasteiger partial charge in [-0.05, 0) is 49.9 Å². The highest BCUT2D eigenvalue weighted by atomic mass is 79.9. The van der Waals surface area contributed by atoms with Gasteiger partial charge in [0.1, 0.15) is 17.6 Å². The Bertz CT molecular complexity index is 589. The molecule has 110 valence electrons. The van der Waals surface area contributed by atoms with Crippen LogP contribution >= 0.6 is 15.9 Å². The van der Waals surface area contributed by atoms with Gasteiger partial charge in [-0.3, -0.25) is 4.68 Å². The highest BCUT2D eigenvalue weighted by Crippen LogP contribution is 2.31. The number of nitrogens with zero attached hydrogens (tertiary/aromatic N) is 3. The first-order valence-electron chi connectivity index (χ1n) is 6.51. The van der Waals surface area contributed by atoms with Crippen LogP contribution in [-0.2, 0) is 6.54 Å². The van der Waals surface area contributed by atoms with Gasteiger partial charge in [0.2, 0.25) is 0 Å². The fourth-order valence-corrected chi connectivity index (χ4v) is 2.70. The molecule has 2 aromatic rings. The Labute approximate surface area is 127 Å². The molecule has 0 radical (unpaired) electrons. The number of aliphatic hydroxyl groups excluding tert-OH is 1. The first-order chi connectivity index (χ1) is 9.40. The van der Waals surface area contributed by atoms with Crippen LogP contribution in [0.5, 0.6) is 0 Å². The quantitative estimate of drug-likeness (QED) is 0.907. The molecule has 0 aliphatic rings. The van der Waals surface area contributed by atoms with Crippen molar-refractivity contribution in [3.63, 3.8) is 0 Å². The van der Waals surface area contributed by atoms with Crippen LogP contribution in [0.2, 0.25) is 0 Å². The number of aryl methyl sites for hydroxylation is 2. The number of likely N-dealkylation sites (N-methyl/N-ethyl adjacent to an activating group) is 1. The summed E-state index contributed by atoms with van der Waals surface area (Å²) in [5, 5.41) is 15.0. The van der Waals surface area contributed by atoms with E-state index in [4.69, 9.17) is 4.42 Å². The predicted octanol–water partition coefficient (Wildman–Crippen LogP) is 2.50. The molecule has 1 N–H and O–H groups in total. The van der Waals surface area contributed by atoms with E-state index in [1.54, 1.807) is 6.20 Å². The van der Waals surface area contributed by atoms with Crippen LogP contribution in [0.15, 0.2) is 21.2 Å². The van der Waals surface area contributed by atoms with Crippen molar-refractivity contribution >= 4 is 15.9 Å². The number of halogens is 1. The molecule has 6 heteroatoms. The molecular formula is C14H20BrN3O2. The maximum absolute atomic E-state index is 10.6. The molecule has 2 heterocycles. The molecule has 0 saturated heterocycles. The summed E-state index contributed by atoms with van der Waals surface area (Å²) >= 11 is 3.47. The largest absolute Gasteiger partial charge is 0.466 e. The minimum atomic E-state index is -0.744. The molecule has 0 fully saturated rings. The van der Waals surface area contributed by atoms with E-state index in [0.29, 0.717) is 0 Å². The van der Waals surface area contributed by atoms with Gasteiger partial charge >= 0.3 is 0 Å². The number of hydrogen-bond donors (Lipinski definition) is 1. The minimum Gasteiger partial charge on any atom is -0.466 e. The zero-order valence-electron chi connectivity index (χ0n) is 12.2. The van der Waals surface area contributed by atoms with Crippen molar-refractivity contribution in [3.8, 4) is 0 Å². The lowest BCUT2D eigenvalue weighted by atomic mass is 10.1. The summed E-state index contributed by atoms with van der Waals surface area (Å²) in [6.07, 6.45) is 0.975. The highest BCUT2D eigenvalue weighted by molar-refractivity contribution is 9.10. The SMILES string of the molecule is Cc1cc(C(O)c2c(Br)cnn2CCN(C)C)c(C)o1. The number of aliphatic hydroxyl groups is 1. The van der Waals surface area contributed by atoms with Gasteiger partial charge in [0.05, 0.1) is 22.9 Å². The monoisotopic (exact) mass is 341 g/mol. The first kappa shape index (κ1) is 15.3. The van der Waals surface area contributed by atoms with Crippen molar-refractivity contribution in [2.24, 2.45) is 0 Å². The Hall–Kier alpha value is -1.11. The molecule has 2 rings (SSSR count). The molecule has 5 nitrogen and oxygen atoms in total.